The highest BCUT2D eigenvalue weighted by Gasteiger charge is 2.09. The van der Waals surface area contributed by atoms with E-state index in [2.05, 4.69) is 21.4 Å². The maximum atomic E-state index is 13.0. The van der Waals surface area contributed by atoms with Crippen molar-refractivity contribution < 1.29 is 4.79 Å². The number of hydrogen-bond acceptors (Lipinski definition) is 3. The number of allylic oxidation sites excluding steroid dienone is 1. The van der Waals surface area contributed by atoms with Crippen molar-refractivity contribution in [1.29, 1.82) is 0 Å². The summed E-state index contributed by atoms with van der Waals surface area (Å²) in [7, 11) is 0. The van der Waals surface area contributed by atoms with Gasteiger partial charge in [0, 0.05) is 34.9 Å². The van der Waals surface area contributed by atoms with Crippen molar-refractivity contribution in [2.24, 2.45) is 0 Å². The van der Waals surface area contributed by atoms with Crippen LogP contribution in [-0.4, -0.2) is 20.4 Å². The number of hydrogen-bond donors (Lipinski definition) is 2. The van der Waals surface area contributed by atoms with E-state index in [1.165, 1.54) is 5.39 Å². The van der Waals surface area contributed by atoms with E-state index in [-0.39, 0.29) is 11.5 Å². The molecule has 2 heterocycles. The molecule has 29 heavy (non-hydrogen) atoms. The molecule has 0 radical (unpaired) electrons. The van der Waals surface area contributed by atoms with E-state index in [1.54, 1.807) is 42.1 Å². The van der Waals surface area contributed by atoms with Crippen LogP contribution in [0.4, 0.5) is 5.69 Å². The van der Waals surface area contributed by atoms with Gasteiger partial charge in [0.15, 0.2) is 0 Å². The number of rotatable bonds is 5. The molecule has 6 heteroatoms. The van der Waals surface area contributed by atoms with Crippen LogP contribution >= 0.6 is 0 Å². The zero-order valence-electron chi connectivity index (χ0n) is 16.4. The van der Waals surface area contributed by atoms with Gasteiger partial charge in [-0.25, -0.2) is 4.98 Å². The Morgan fingerprint density at radius 1 is 1.21 bits per heavy atom. The summed E-state index contributed by atoms with van der Waals surface area (Å²) in [6.07, 6.45) is 6.03. The summed E-state index contributed by atoms with van der Waals surface area (Å²) in [6, 6.07) is 13.3. The first-order valence-electron chi connectivity index (χ1n) is 9.55. The van der Waals surface area contributed by atoms with Gasteiger partial charge in [0.2, 0.25) is 0 Å². The van der Waals surface area contributed by atoms with Crippen LogP contribution in [0.5, 0.6) is 0 Å². The first-order chi connectivity index (χ1) is 14.1. The lowest BCUT2D eigenvalue weighted by atomic mass is 10.1. The molecule has 2 N–H and O–H groups in total. The third-order valence-corrected chi connectivity index (χ3v) is 5.17. The van der Waals surface area contributed by atoms with Gasteiger partial charge >= 0.3 is 0 Å². The average Bonchev–Trinajstić information content (AvgIpc) is 3.16. The van der Waals surface area contributed by atoms with Crippen molar-refractivity contribution in [2.75, 3.05) is 5.32 Å². The molecular formula is C23H22N4O2. The third-order valence-electron chi connectivity index (χ3n) is 5.17. The minimum Gasteiger partial charge on any atom is -0.361 e. The van der Waals surface area contributed by atoms with Gasteiger partial charge in [-0.15, -0.1) is 0 Å². The van der Waals surface area contributed by atoms with Gasteiger partial charge in [0.25, 0.3) is 11.5 Å². The van der Waals surface area contributed by atoms with Crippen LogP contribution in [0.2, 0.25) is 0 Å². The second kappa shape index (κ2) is 7.75. The molecule has 4 aromatic rings. The van der Waals surface area contributed by atoms with Crippen molar-refractivity contribution in [3.63, 3.8) is 0 Å². The van der Waals surface area contributed by atoms with Crippen LogP contribution in [0.15, 0.2) is 71.4 Å². The predicted molar refractivity (Wildman–Crippen MR) is 116 cm³/mol. The SMILES string of the molecule is C/C=C(\C)C(=O)Nc1ccc2ncn(CCc3c[nH]c4ccccc34)c(=O)c2c1. The number of nitrogens with zero attached hydrogens (tertiary/aromatic N) is 2. The first-order valence-corrected chi connectivity index (χ1v) is 9.55. The van der Waals surface area contributed by atoms with Crippen LogP contribution < -0.4 is 10.9 Å². The summed E-state index contributed by atoms with van der Waals surface area (Å²) >= 11 is 0. The number of para-hydroxylation sites is 1. The number of H-pyrrole nitrogens is 1. The summed E-state index contributed by atoms with van der Waals surface area (Å²) in [5, 5.41) is 4.47. The Morgan fingerprint density at radius 3 is 2.86 bits per heavy atom. The first kappa shape index (κ1) is 18.7. The molecule has 0 bridgehead atoms. The van der Waals surface area contributed by atoms with Gasteiger partial charge in [-0.1, -0.05) is 24.3 Å². The Hall–Kier alpha value is -3.67. The van der Waals surface area contributed by atoms with E-state index in [0.717, 1.165) is 11.1 Å². The Labute approximate surface area is 167 Å². The highest BCUT2D eigenvalue weighted by atomic mass is 16.1. The summed E-state index contributed by atoms with van der Waals surface area (Å²) in [5.74, 6) is -0.185. The number of aromatic amines is 1. The van der Waals surface area contributed by atoms with Crippen LogP contribution in [0, 0.1) is 0 Å². The van der Waals surface area contributed by atoms with Crippen molar-refractivity contribution in [1.82, 2.24) is 14.5 Å². The molecule has 2 aromatic carbocycles. The summed E-state index contributed by atoms with van der Waals surface area (Å²) in [5.41, 5.74) is 3.94. The van der Waals surface area contributed by atoms with Crippen LogP contribution in [0.3, 0.4) is 0 Å². The molecule has 0 fully saturated rings. The number of anilines is 1. The van der Waals surface area contributed by atoms with Gasteiger partial charge in [-0.2, -0.15) is 0 Å². The third kappa shape index (κ3) is 3.69. The Kier molecular flexibility index (Phi) is 4.99. The normalized spacial score (nSPS) is 11.9. The van der Waals surface area contributed by atoms with E-state index in [0.29, 0.717) is 35.1 Å². The van der Waals surface area contributed by atoms with Crippen LogP contribution in [-0.2, 0) is 17.8 Å². The summed E-state index contributed by atoms with van der Waals surface area (Å²) < 4.78 is 1.62. The molecule has 0 spiro atoms. The number of amides is 1. The quantitative estimate of drug-likeness (QED) is 0.508. The lowest BCUT2D eigenvalue weighted by molar-refractivity contribution is -0.112. The lowest BCUT2D eigenvalue weighted by Crippen LogP contribution is -2.22. The molecule has 146 valence electrons. The van der Waals surface area contributed by atoms with E-state index in [1.807, 2.05) is 31.3 Å². The molecule has 0 saturated heterocycles. The molecule has 0 saturated carbocycles. The highest BCUT2D eigenvalue weighted by Crippen LogP contribution is 2.19. The Bertz CT molecular complexity index is 1300. The minimum atomic E-state index is -0.185. The van der Waals surface area contributed by atoms with Crippen molar-refractivity contribution >= 4 is 33.4 Å². The zero-order valence-corrected chi connectivity index (χ0v) is 16.4. The number of fused-ring (bicyclic) bond motifs is 2. The molecule has 1 amide bonds. The fourth-order valence-corrected chi connectivity index (χ4v) is 3.34. The van der Waals surface area contributed by atoms with Gasteiger partial charge in [0.05, 0.1) is 17.2 Å². The number of carbonyl (C=O) groups is 1. The molecule has 0 aliphatic heterocycles. The number of carbonyl (C=O) groups excluding carboxylic acids is 1. The smallest absolute Gasteiger partial charge is 0.261 e. The molecule has 0 atom stereocenters. The van der Waals surface area contributed by atoms with Gasteiger partial charge in [0.1, 0.15) is 0 Å². The van der Waals surface area contributed by atoms with E-state index in [9.17, 15) is 9.59 Å². The maximum Gasteiger partial charge on any atom is 0.261 e. The largest absolute Gasteiger partial charge is 0.361 e. The van der Waals surface area contributed by atoms with Crippen LogP contribution in [0.25, 0.3) is 21.8 Å². The van der Waals surface area contributed by atoms with Crippen molar-refractivity contribution in [3.05, 3.63) is 82.6 Å². The molecule has 4 rings (SSSR count). The maximum absolute atomic E-state index is 13.0. The average molecular weight is 386 g/mol. The van der Waals surface area contributed by atoms with E-state index in [4.69, 9.17) is 0 Å². The molecule has 6 nitrogen and oxygen atoms in total. The van der Waals surface area contributed by atoms with Crippen molar-refractivity contribution in [3.8, 4) is 0 Å². The topological polar surface area (TPSA) is 79.8 Å². The van der Waals surface area contributed by atoms with Crippen LogP contribution in [0.1, 0.15) is 19.4 Å². The molecule has 0 aliphatic rings. The Balaban J connectivity index is 1.61. The summed E-state index contributed by atoms with van der Waals surface area (Å²) in [6.45, 7) is 4.08. The predicted octanol–water partition coefficient (Wildman–Crippen LogP) is 4.03. The standard InChI is InChI=1S/C23H22N4O2/c1-3-15(2)22(28)26-17-8-9-21-19(12-17)23(29)27(14-25-21)11-10-16-13-24-20-7-5-4-6-18(16)20/h3-9,12-14,24H,10-11H2,1-2H3,(H,26,28)/b15-3+. The molecule has 0 unspecified atom stereocenters. The second-order valence-electron chi connectivity index (χ2n) is 7.01. The van der Waals surface area contributed by atoms with Gasteiger partial charge in [-0.3, -0.25) is 14.2 Å². The van der Waals surface area contributed by atoms with Gasteiger partial charge in [-0.05, 0) is 50.1 Å². The number of aryl methyl sites for hydroxylation is 2. The minimum absolute atomic E-state index is 0.117. The molecule has 2 aromatic heterocycles. The molecular weight excluding hydrogens is 364 g/mol. The number of nitrogens with one attached hydrogen (secondary N) is 2. The highest BCUT2D eigenvalue weighted by molar-refractivity contribution is 6.04. The zero-order chi connectivity index (χ0) is 20.4. The van der Waals surface area contributed by atoms with Gasteiger partial charge < -0.3 is 10.3 Å². The van der Waals surface area contributed by atoms with E-state index < -0.39 is 0 Å². The summed E-state index contributed by atoms with van der Waals surface area (Å²) in [4.78, 5) is 32.7. The number of aromatic nitrogens is 3. The second-order valence-corrected chi connectivity index (χ2v) is 7.01. The lowest BCUT2D eigenvalue weighted by Gasteiger charge is -2.09. The fraction of sp³-hybridized carbons (Fsp3) is 0.174. The number of benzene rings is 2. The van der Waals surface area contributed by atoms with E-state index >= 15 is 0 Å². The van der Waals surface area contributed by atoms with Crippen molar-refractivity contribution in [2.45, 2.75) is 26.8 Å². The Morgan fingerprint density at radius 2 is 2.03 bits per heavy atom. The fourth-order valence-electron chi connectivity index (χ4n) is 3.34. The monoisotopic (exact) mass is 386 g/mol. The molecule has 0 aliphatic carbocycles.